The van der Waals surface area contributed by atoms with Crippen molar-refractivity contribution in [3.05, 3.63) is 65.7 Å². The first-order chi connectivity index (χ1) is 9.75. The molecule has 0 aliphatic rings. The van der Waals surface area contributed by atoms with E-state index in [1.165, 1.54) is 16.5 Å². The Morgan fingerprint density at radius 2 is 2.05 bits per heavy atom. The summed E-state index contributed by atoms with van der Waals surface area (Å²) in [6.45, 7) is 4.96. The first kappa shape index (κ1) is 12.9. The van der Waals surface area contributed by atoms with E-state index in [1.807, 2.05) is 37.4 Å². The Bertz CT molecular complexity index is 703. The van der Waals surface area contributed by atoms with Crippen LogP contribution in [0.4, 0.5) is 0 Å². The standard InChI is InChI=1S/C17H18N2O/c1-12(14-6-5-9-18-10-14)19-11-16-13(2)20-17-8-4-3-7-15(16)17/h3-10,12,19H,11H2,1-2H3/t12-/m1/s1. The van der Waals surface area contributed by atoms with Crippen molar-refractivity contribution in [3.63, 3.8) is 0 Å². The summed E-state index contributed by atoms with van der Waals surface area (Å²) in [6.07, 6.45) is 3.70. The number of para-hydroxylation sites is 1. The van der Waals surface area contributed by atoms with Crippen LogP contribution >= 0.6 is 0 Å². The summed E-state index contributed by atoms with van der Waals surface area (Å²) in [7, 11) is 0. The monoisotopic (exact) mass is 266 g/mol. The van der Waals surface area contributed by atoms with Gasteiger partial charge in [-0.2, -0.15) is 0 Å². The van der Waals surface area contributed by atoms with Gasteiger partial charge >= 0.3 is 0 Å². The molecule has 3 aromatic rings. The van der Waals surface area contributed by atoms with Crippen LogP contribution in [-0.2, 0) is 6.54 Å². The molecule has 3 rings (SSSR count). The normalized spacial score (nSPS) is 12.7. The van der Waals surface area contributed by atoms with Gasteiger partial charge in [0, 0.05) is 35.9 Å². The summed E-state index contributed by atoms with van der Waals surface area (Å²) in [6, 6.07) is 12.5. The maximum atomic E-state index is 5.78. The summed E-state index contributed by atoms with van der Waals surface area (Å²) in [4.78, 5) is 4.16. The molecule has 0 bridgehead atoms. The lowest BCUT2D eigenvalue weighted by Gasteiger charge is -2.13. The molecule has 0 unspecified atom stereocenters. The van der Waals surface area contributed by atoms with Crippen LogP contribution in [0.15, 0.2) is 53.2 Å². The van der Waals surface area contributed by atoms with Gasteiger partial charge in [-0.1, -0.05) is 24.3 Å². The van der Waals surface area contributed by atoms with Crippen molar-refractivity contribution in [1.29, 1.82) is 0 Å². The summed E-state index contributed by atoms with van der Waals surface area (Å²) < 4.78 is 5.78. The molecule has 1 aromatic carbocycles. The number of hydrogen-bond acceptors (Lipinski definition) is 3. The van der Waals surface area contributed by atoms with Crippen LogP contribution in [0.2, 0.25) is 0 Å². The van der Waals surface area contributed by atoms with Gasteiger partial charge in [0.2, 0.25) is 0 Å². The Morgan fingerprint density at radius 3 is 2.85 bits per heavy atom. The molecule has 0 aliphatic carbocycles. The van der Waals surface area contributed by atoms with Gasteiger partial charge in [0.05, 0.1) is 0 Å². The van der Waals surface area contributed by atoms with Gasteiger partial charge in [-0.3, -0.25) is 4.98 Å². The van der Waals surface area contributed by atoms with Crippen LogP contribution in [0.3, 0.4) is 0 Å². The fraction of sp³-hybridized carbons (Fsp3) is 0.235. The Morgan fingerprint density at radius 1 is 1.20 bits per heavy atom. The third-order valence-corrected chi connectivity index (χ3v) is 3.67. The van der Waals surface area contributed by atoms with Crippen LogP contribution < -0.4 is 5.32 Å². The number of nitrogens with zero attached hydrogens (tertiary/aromatic N) is 1. The summed E-state index contributed by atoms with van der Waals surface area (Å²) in [5.74, 6) is 0.983. The molecule has 0 aliphatic heterocycles. The Balaban J connectivity index is 1.79. The molecule has 1 atom stereocenters. The maximum Gasteiger partial charge on any atom is 0.134 e. The number of rotatable bonds is 4. The molecule has 0 saturated heterocycles. The van der Waals surface area contributed by atoms with Crippen molar-refractivity contribution in [2.45, 2.75) is 26.4 Å². The van der Waals surface area contributed by atoms with Gasteiger partial charge in [0.25, 0.3) is 0 Å². The number of pyridine rings is 1. The van der Waals surface area contributed by atoms with E-state index >= 15 is 0 Å². The number of furan rings is 1. The zero-order chi connectivity index (χ0) is 13.9. The molecular weight excluding hydrogens is 248 g/mol. The maximum absolute atomic E-state index is 5.78. The number of hydrogen-bond donors (Lipinski definition) is 1. The zero-order valence-electron chi connectivity index (χ0n) is 11.8. The third kappa shape index (κ3) is 2.45. The number of aryl methyl sites for hydroxylation is 1. The van der Waals surface area contributed by atoms with Crippen molar-refractivity contribution >= 4 is 11.0 Å². The van der Waals surface area contributed by atoms with Crippen molar-refractivity contribution < 1.29 is 4.42 Å². The van der Waals surface area contributed by atoms with E-state index in [0.29, 0.717) is 0 Å². The minimum Gasteiger partial charge on any atom is -0.461 e. The first-order valence-electron chi connectivity index (χ1n) is 6.86. The molecule has 20 heavy (non-hydrogen) atoms. The Hall–Kier alpha value is -2.13. The van der Waals surface area contributed by atoms with E-state index in [1.54, 1.807) is 6.20 Å². The lowest BCUT2D eigenvalue weighted by Crippen LogP contribution is -2.18. The minimum atomic E-state index is 0.261. The topological polar surface area (TPSA) is 38.1 Å². The van der Waals surface area contributed by atoms with Crippen LogP contribution in [-0.4, -0.2) is 4.98 Å². The lowest BCUT2D eigenvalue weighted by molar-refractivity contribution is 0.543. The Kier molecular flexibility index (Phi) is 3.52. The highest BCUT2D eigenvalue weighted by Gasteiger charge is 2.12. The van der Waals surface area contributed by atoms with E-state index in [0.717, 1.165) is 17.9 Å². The number of fused-ring (bicyclic) bond motifs is 1. The largest absolute Gasteiger partial charge is 0.461 e. The van der Waals surface area contributed by atoms with Crippen LogP contribution in [0.25, 0.3) is 11.0 Å². The molecule has 3 nitrogen and oxygen atoms in total. The van der Waals surface area contributed by atoms with Crippen molar-refractivity contribution in [3.8, 4) is 0 Å². The second-order valence-electron chi connectivity index (χ2n) is 5.02. The SMILES string of the molecule is Cc1oc2ccccc2c1CN[C@H](C)c1cccnc1. The second kappa shape index (κ2) is 5.47. The average molecular weight is 266 g/mol. The predicted octanol–water partition coefficient (Wildman–Crippen LogP) is 3.99. The Labute approximate surface area is 118 Å². The summed E-state index contributed by atoms with van der Waals surface area (Å²) in [5.41, 5.74) is 3.38. The lowest BCUT2D eigenvalue weighted by atomic mass is 10.1. The van der Waals surface area contributed by atoms with E-state index in [-0.39, 0.29) is 6.04 Å². The van der Waals surface area contributed by atoms with Crippen molar-refractivity contribution in [1.82, 2.24) is 10.3 Å². The van der Waals surface area contributed by atoms with E-state index in [2.05, 4.69) is 29.4 Å². The molecule has 3 heteroatoms. The molecule has 102 valence electrons. The predicted molar refractivity (Wildman–Crippen MR) is 80.4 cm³/mol. The van der Waals surface area contributed by atoms with Crippen molar-refractivity contribution in [2.24, 2.45) is 0 Å². The van der Waals surface area contributed by atoms with Gasteiger partial charge in [0.1, 0.15) is 11.3 Å². The summed E-state index contributed by atoms with van der Waals surface area (Å²) >= 11 is 0. The fourth-order valence-corrected chi connectivity index (χ4v) is 2.45. The third-order valence-electron chi connectivity index (χ3n) is 3.67. The highest BCUT2D eigenvalue weighted by Crippen LogP contribution is 2.25. The molecule has 2 heterocycles. The number of benzene rings is 1. The molecule has 0 spiro atoms. The van der Waals surface area contributed by atoms with Gasteiger partial charge < -0.3 is 9.73 Å². The van der Waals surface area contributed by atoms with Crippen LogP contribution in [0.1, 0.15) is 29.9 Å². The highest BCUT2D eigenvalue weighted by molar-refractivity contribution is 5.82. The zero-order valence-corrected chi connectivity index (χ0v) is 11.8. The number of nitrogens with one attached hydrogen (secondary N) is 1. The van der Waals surface area contributed by atoms with Crippen molar-refractivity contribution in [2.75, 3.05) is 0 Å². The molecule has 0 radical (unpaired) electrons. The summed E-state index contributed by atoms with van der Waals surface area (Å²) in [5, 5.41) is 4.72. The van der Waals surface area contributed by atoms with Crippen LogP contribution in [0.5, 0.6) is 0 Å². The van der Waals surface area contributed by atoms with E-state index < -0.39 is 0 Å². The smallest absolute Gasteiger partial charge is 0.134 e. The van der Waals surface area contributed by atoms with Gasteiger partial charge in [0.15, 0.2) is 0 Å². The number of aromatic nitrogens is 1. The molecule has 2 aromatic heterocycles. The molecular formula is C17H18N2O. The van der Waals surface area contributed by atoms with Gasteiger partial charge in [-0.05, 0) is 31.5 Å². The fourth-order valence-electron chi connectivity index (χ4n) is 2.45. The van der Waals surface area contributed by atoms with Crippen LogP contribution in [0, 0.1) is 6.92 Å². The second-order valence-corrected chi connectivity index (χ2v) is 5.02. The molecule has 0 saturated carbocycles. The molecule has 0 fully saturated rings. The average Bonchev–Trinajstić information content (AvgIpc) is 2.81. The van der Waals surface area contributed by atoms with E-state index in [9.17, 15) is 0 Å². The quantitative estimate of drug-likeness (QED) is 0.776. The van der Waals surface area contributed by atoms with E-state index in [4.69, 9.17) is 4.42 Å². The first-order valence-corrected chi connectivity index (χ1v) is 6.86. The minimum absolute atomic E-state index is 0.261. The van der Waals surface area contributed by atoms with Gasteiger partial charge in [-0.15, -0.1) is 0 Å². The highest BCUT2D eigenvalue weighted by atomic mass is 16.3. The molecule has 0 amide bonds. The molecule has 1 N–H and O–H groups in total. The van der Waals surface area contributed by atoms with Gasteiger partial charge in [-0.25, -0.2) is 0 Å².